The van der Waals surface area contributed by atoms with Crippen LogP contribution < -0.4 is 0 Å². The van der Waals surface area contributed by atoms with Crippen molar-refractivity contribution in [1.82, 2.24) is 0 Å². The van der Waals surface area contributed by atoms with Crippen LogP contribution in [0.15, 0.2) is 23.8 Å². The van der Waals surface area contributed by atoms with Crippen molar-refractivity contribution in [3.63, 3.8) is 0 Å². The summed E-state index contributed by atoms with van der Waals surface area (Å²) in [7, 11) is 0. The quantitative estimate of drug-likeness (QED) is 0.472. The van der Waals surface area contributed by atoms with Crippen LogP contribution in [0, 0.1) is 23.7 Å². The van der Waals surface area contributed by atoms with E-state index >= 15 is 0 Å². The molecule has 0 aliphatic heterocycles. The highest BCUT2D eigenvalue weighted by molar-refractivity contribution is 5.18. The highest BCUT2D eigenvalue weighted by atomic mass is 14.4. The monoisotopic (exact) mass is 314 g/mol. The lowest BCUT2D eigenvalue weighted by atomic mass is 9.69. The maximum absolute atomic E-state index is 3.92. The molecule has 3 rings (SSSR count). The molecule has 23 heavy (non-hydrogen) atoms. The lowest BCUT2D eigenvalue weighted by molar-refractivity contribution is 0.178. The molecule has 0 spiro atoms. The van der Waals surface area contributed by atoms with Gasteiger partial charge in [0.2, 0.25) is 0 Å². The second kappa shape index (κ2) is 8.54. The van der Waals surface area contributed by atoms with Crippen molar-refractivity contribution in [3.8, 4) is 0 Å². The van der Waals surface area contributed by atoms with E-state index in [0.29, 0.717) is 0 Å². The molecule has 0 heterocycles. The predicted molar refractivity (Wildman–Crippen MR) is 101 cm³/mol. The minimum absolute atomic E-state index is 0.957. The molecule has 0 aromatic heterocycles. The summed E-state index contributed by atoms with van der Waals surface area (Å²) in [6.45, 7) is 6.29. The van der Waals surface area contributed by atoms with Crippen LogP contribution in [-0.4, -0.2) is 0 Å². The van der Waals surface area contributed by atoms with Gasteiger partial charge in [-0.1, -0.05) is 30.6 Å². The van der Waals surface area contributed by atoms with Gasteiger partial charge >= 0.3 is 0 Å². The standard InChI is InChI=1S/C23H38/c1-3-5-19-8-12-21(13-9-19)23-16-14-22(15-17-23)20-10-6-18(4-2)7-11-20/h3,18-19,21,23H,1,4-17H2,2H3. The van der Waals surface area contributed by atoms with E-state index in [0.717, 1.165) is 23.7 Å². The third kappa shape index (κ3) is 4.52. The summed E-state index contributed by atoms with van der Waals surface area (Å²) in [5.74, 6) is 4.09. The van der Waals surface area contributed by atoms with Crippen molar-refractivity contribution in [3.05, 3.63) is 23.8 Å². The van der Waals surface area contributed by atoms with Crippen molar-refractivity contribution in [1.29, 1.82) is 0 Å². The fourth-order valence-corrected chi connectivity index (χ4v) is 5.73. The lowest BCUT2D eigenvalue weighted by Gasteiger charge is -2.37. The van der Waals surface area contributed by atoms with Crippen LogP contribution in [0.4, 0.5) is 0 Å². The van der Waals surface area contributed by atoms with Crippen molar-refractivity contribution in [2.45, 2.75) is 96.8 Å². The molecule has 3 saturated carbocycles. The van der Waals surface area contributed by atoms with Gasteiger partial charge in [0, 0.05) is 0 Å². The van der Waals surface area contributed by atoms with Gasteiger partial charge in [-0.25, -0.2) is 0 Å². The number of rotatable bonds is 4. The summed E-state index contributed by atoms with van der Waals surface area (Å²) in [6.07, 6.45) is 22.5. The van der Waals surface area contributed by atoms with Crippen LogP contribution in [0.1, 0.15) is 96.8 Å². The highest BCUT2D eigenvalue weighted by Crippen LogP contribution is 2.44. The average Bonchev–Trinajstić information content (AvgIpc) is 2.63. The Morgan fingerprint density at radius 1 is 0.739 bits per heavy atom. The summed E-state index contributed by atoms with van der Waals surface area (Å²) in [5.41, 5.74) is 3.79. The molecule has 0 saturated heterocycles. The summed E-state index contributed by atoms with van der Waals surface area (Å²) >= 11 is 0. The second-order valence-electron chi connectivity index (χ2n) is 8.70. The zero-order chi connectivity index (χ0) is 16.1. The molecule has 0 N–H and O–H groups in total. The van der Waals surface area contributed by atoms with Gasteiger partial charge in [0.1, 0.15) is 0 Å². The Balaban J connectivity index is 1.45. The zero-order valence-corrected chi connectivity index (χ0v) is 15.5. The Labute approximate surface area is 144 Å². The molecule has 0 amide bonds. The summed E-state index contributed by atoms with van der Waals surface area (Å²) in [4.78, 5) is 0. The third-order valence-corrected chi connectivity index (χ3v) is 7.48. The van der Waals surface area contributed by atoms with Crippen molar-refractivity contribution in [2.24, 2.45) is 23.7 Å². The van der Waals surface area contributed by atoms with Crippen LogP contribution in [0.2, 0.25) is 0 Å². The fourth-order valence-electron chi connectivity index (χ4n) is 5.73. The molecular weight excluding hydrogens is 276 g/mol. The first-order valence-corrected chi connectivity index (χ1v) is 10.6. The Bertz CT molecular complexity index is 388. The maximum Gasteiger partial charge on any atom is -0.0315 e. The van der Waals surface area contributed by atoms with Crippen LogP contribution >= 0.6 is 0 Å². The molecule has 0 atom stereocenters. The summed E-state index contributed by atoms with van der Waals surface area (Å²) in [6, 6.07) is 0. The van der Waals surface area contributed by atoms with E-state index in [1.165, 1.54) is 89.9 Å². The van der Waals surface area contributed by atoms with E-state index in [2.05, 4.69) is 19.6 Å². The maximum atomic E-state index is 3.92. The van der Waals surface area contributed by atoms with Crippen molar-refractivity contribution >= 4 is 0 Å². The lowest BCUT2D eigenvalue weighted by Crippen LogP contribution is -2.24. The third-order valence-electron chi connectivity index (χ3n) is 7.48. The number of hydrogen-bond acceptors (Lipinski definition) is 0. The summed E-state index contributed by atoms with van der Waals surface area (Å²) < 4.78 is 0. The van der Waals surface area contributed by atoms with Gasteiger partial charge in [-0.3, -0.25) is 0 Å². The Morgan fingerprint density at radius 2 is 1.26 bits per heavy atom. The van der Waals surface area contributed by atoms with Crippen LogP contribution in [0.25, 0.3) is 0 Å². The van der Waals surface area contributed by atoms with E-state index in [1.807, 2.05) is 11.1 Å². The van der Waals surface area contributed by atoms with Crippen LogP contribution in [-0.2, 0) is 0 Å². The van der Waals surface area contributed by atoms with Gasteiger partial charge in [0.15, 0.2) is 0 Å². The van der Waals surface area contributed by atoms with Crippen LogP contribution in [0.3, 0.4) is 0 Å². The van der Waals surface area contributed by atoms with Crippen molar-refractivity contribution < 1.29 is 0 Å². The molecule has 0 nitrogen and oxygen atoms in total. The van der Waals surface area contributed by atoms with Gasteiger partial charge in [-0.2, -0.15) is 0 Å². The molecule has 0 heteroatoms. The first-order valence-electron chi connectivity index (χ1n) is 10.6. The smallest absolute Gasteiger partial charge is 0.0315 e. The van der Waals surface area contributed by atoms with Gasteiger partial charge in [-0.05, 0) is 107 Å². The fraction of sp³-hybridized carbons (Fsp3) is 0.826. The largest absolute Gasteiger partial charge is 0.103 e. The molecular formula is C23H38. The summed E-state index contributed by atoms with van der Waals surface area (Å²) in [5, 5.41) is 0. The van der Waals surface area contributed by atoms with Gasteiger partial charge in [0.05, 0.1) is 0 Å². The Kier molecular flexibility index (Phi) is 6.43. The van der Waals surface area contributed by atoms with E-state index in [9.17, 15) is 0 Å². The molecule has 3 aliphatic rings. The number of hydrogen-bond donors (Lipinski definition) is 0. The Hall–Kier alpha value is -0.520. The van der Waals surface area contributed by atoms with Gasteiger partial charge in [-0.15, -0.1) is 6.58 Å². The first-order chi connectivity index (χ1) is 11.3. The van der Waals surface area contributed by atoms with E-state index in [4.69, 9.17) is 0 Å². The minimum atomic E-state index is 0.957. The van der Waals surface area contributed by atoms with E-state index in [-0.39, 0.29) is 0 Å². The molecule has 0 radical (unpaired) electrons. The molecule has 0 unspecified atom stereocenters. The first kappa shape index (κ1) is 17.3. The average molecular weight is 315 g/mol. The topological polar surface area (TPSA) is 0 Å². The SMILES string of the molecule is C=CCC1CCC(C2CCC(=C3CCC(CC)CC3)CC2)CC1. The van der Waals surface area contributed by atoms with Crippen molar-refractivity contribution in [2.75, 3.05) is 0 Å². The minimum Gasteiger partial charge on any atom is -0.103 e. The molecule has 3 aliphatic carbocycles. The molecule has 0 bridgehead atoms. The van der Waals surface area contributed by atoms with Gasteiger partial charge < -0.3 is 0 Å². The molecule has 3 fully saturated rings. The Morgan fingerprint density at radius 3 is 1.78 bits per heavy atom. The number of allylic oxidation sites excluding steroid dienone is 3. The molecule has 130 valence electrons. The van der Waals surface area contributed by atoms with Gasteiger partial charge in [0.25, 0.3) is 0 Å². The van der Waals surface area contributed by atoms with Crippen LogP contribution in [0.5, 0.6) is 0 Å². The normalized spacial score (nSPS) is 36.0. The molecule has 0 aromatic carbocycles. The highest BCUT2D eigenvalue weighted by Gasteiger charge is 2.30. The second-order valence-corrected chi connectivity index (χ2v) is 8.70. The molecule has 0 aromatic rings. The zero-order valence-electron chi connectivity index (χ0n) is 15.5. The van der Waals surface area contributed by atoms with E-state index in [1.54, 1.807) is 0 Å². The van der Waals surface area contributed by atoms with E-state index < -0.39 is 0 Å². The predicted octanol–water partition coefficient (Wildman–Crippen LogP) is 7.46.